The second kappa shape index (κ2) is 10.1. The molecule has 0 spiro atoms. The molecular formula is C24H20F3N5O4. The number of amides is 2. The second-order valence-electron chi connectivity index (χ2n) is 7.90. The van der Waals surface area contributed by atoms with Gasteiger partial charge < -0.3 is 15.0 Å². The van der Waals surface area contributed by atoms with E-state index >= 15 is 0 Å². The van der Waals surface area contributed by atoms with Gasteiger partial charge in [0.25, 0.3) is 11.8 Å². The highest BCUT2D eigenvalue weighted by Crippen LogP contribution is 2.29. The van der Waals surface area contributed by atoms with E-state index < -0.39 is 24.8 Å². The van der Waals surface area contributed by atoms with Crippen molar-refractivity contribution >= 4 is 23.2 Å². The predicted octanol–water partition coefficient (Wildman–Crippen LogP) is 3.97. The van der Waals surface area contributed by atoms with Crippen LogP contribution in [-0.2, 0) is 11.3 Å². The molecule has 2 heterocycles. The van der Waals surface area contributed by atoms with Crippen molar-refractivity contribution in [2.24, 2.45) is 0 Å². The molecule has 2 aromatic carbocycles. The van der Waals surface area contributed by atoms with Crippen molar-refractivity contribution in [3.8, 4) is 11.8 Å². The minimum Gasteiger partial charge on any atom is -0.491 e. The Balaban J connectivity index is 1.49. The van der Waals surface area contributed by atoms with E-state index in [-0.39, 0.29) is 23.9 Å². The molecule has 3 aromatic rings. The highest BCUT2D eigenvalue weighted by Gasteiger charge is 2.36. The summed E-state index contributed by atoms with van der Waals surface area (Å²) in [4.78, 5) is 27.9. The fourth-order valence-electron chi connectivity index (χ4n) is 3.82. The molecule has 12 heteroatoms. The number of nitrogens with zero attached hydrogens (tertiary/aromatic N) is 4. The third-order valence-corrected chi connectivity index (χ3v) is 5.37. The zero-order valence-electron chi connectivity index (χ0n) is 19.0. The summed E-state index contributed by atoms with van der Waals surface area (Å²) in [5.41, 5.74) is 1.51. The van der Waals surface area contributed by atoms with Crippen LogP contribution in [0.3, 0.4) is 0 Å². The molecule has 186 valence electrons. The lowest BCUT2D eigenvalue weighted by Gasteiger charge is -2.34. The zero-order valence-corrected chi connectivity index (χ0v) is 19.0. The first-order valence-corrected chi connectivity index (χ1v) is 10.8. The molecule has 0 unspecified atom stereocenters. The lowest BCUT2D eigenvalue weighted by atomic mass is 10.1. The maximum Gasteiger partial charge on any atom is 0.522 e. The number of carbonyl (C=O) groups excluding carboxylic acids is 2. The van der Waals surface area contributed by atoms with Gasteiger partial charge in [-0.3, -0.25) is 19.0 Å². The van der Waals surface area contributed by atoms with Crippen LogP contribution in [0.1, 0.15) is 33.3 Å². The van der Waals surface area contributed by atoms with Crippen LogP contribution in [0.25, 0.3) is 0 Å². The van der Waals surface area contributed by atoms with Crippen LogP contribution >= 0.6 is 0 Å². The fourth-order valence-corrected chi connectivity index (χ4v) is 3.82. The molecule has 1 atom stereocenters. The number of hydrogen-bond donors (Lipinski definition) is 1. The summed E-state index contributed by atoms with van der Waals surface area (Å²) in [5, 5.41) is 15.9. The number of ether oxygens (including phenoxy) is 2. The van der Waals surface area contributed by atoms with Crippen molar-refractivity contribution in [2.45, 2.75) is 25.9 Å². The Kier molecular flexibility index (Phi) is 6.93. The van der Waals surface area contributed by atoms with Crippen LogP contribution in [0.4, 0.5) is 24.5 Å². The summed E-state index contributed by atoms with van der Waals surface area (Å²) in [6.07, 6.45) is -3.40. The number of alkyl halides is 3. The van der Waals surface area contributed by atoms with Crippen LogP contribution in [0, 0.1) is 11.3 Å². The van der Waals surface area contributed by atoms with Crippen molar-refractivity contribution < 1.29 is 32.2 Å². The van der Waals surface area contributed by atoms with E-state index in [9.17, 15) is 22.8 Å². The van der Waals surface area contributed by atoms with Gasteiger partial charge >= 0.3 is 6.36 Å². The van der Waals surface area contributed by atoms with Gasteiger partial charge in [0.15, 0.2) is 0 Å². The average molecular weight is 499 g/mol. The molecule has 1 N–H and O–H groups in total. The van der Waals surface area contributed by atoms with E-state index in [4.69, 9.17) is 10.00 Å². The molecule has 36 heavy (non-hydrogen) atoms. The third-order valence-electron chi connectivity index (χ3n) is 5.37. The van der Waals surface area contributed by atoms with Crippen molar-refractivity contribution in [3.63, 3.8) is 0 Å². The molecule has 0 aliphatic carbocycles. The fraction of sp³-hybridized carbons (Fsp3) is 0.250. The number of halogens is 3. The molecule has 0 saturated heterocycles. The largest absolute Gasteiger partial charge is 0.522 e. The summed E-state index contributed by atoms with van der Waals surface area (Å²) in [6, 6.07) is 14.4. The molecule has 4 rings (SSSR count). The third kappa shape index (κ3) is 5.47. The Morgan fingerprint density at radius 2 is 1.97 bits per heavy atom. The van der Waals surface area contributed by atoms with Crippen molar-refractivity contribution in [1.82, 2.24) is 9.78 Å². The van der Waals surface area contributed by atoms with E-state index in [1.165, 1.54) is 34.0 Å². The van der Waals surface area contributed by atoms with E-state index in [1.54, 1.807) is 30.3 Å². The Labute approximate surface area is 203 Å². The van der Waals surface area contributed by atoms with E-state index in [2.05, 4.69) is 15.2 Å². The molecule has 9 nitrogen and oxygen atoms in total. The van der Waals surface area contributed by atoms with Crippen LogP contribution in [-0.4, -0.2) is 47.2 Å². The molecular weight excluding hydrogens is 479 g/mol. The zero-order chi connectivity index (χ0) is 25.9. The lowest BCUT2D eigenvalue weighted by Crippen LogP contribution is -2.47. The minimum absolute atomic E-state index is 0.0869. The quantitative estimate of drug-likeness (QED) is 0.493. The topological polar surface area (TPSA) is 109 Å². The summed E-state index contributed by atoms with van der Waals surface area (Å²) in [7, 11) is 0. The Morgan fingerprint density at radius 3 is 2.67 bits per heavy atom. The first kappa shape index (κ1) is 24.7. The number of benzene rings is 2. The van der Waals surface area contributed by atoms with Crippen LogP contribution in [0.2, 0.25) is 0 Å². The van der Waals surface area contributed by atoms with Crippen molar-refractivity contribution in [1.29, 1.82) is 5.26 Å². The summed E-state index contributed by atoms with van der Waals surface area (Å²) in [5.74, 6) is -0.667. The highest BCUT2D eigenvalue weighted by atomic mass is 19.4. The minimum atomic E-state index is -4.72. The smallest absolute Gasteiger partial charge is 0.491 e. The summed E-state index contributed by atoms with van der Waals surface area (Å²) < 4.78 is 46.6. The summed E-state index contributed by atoms with van der Waals surface area (Å²) in [6.45, 7) is 1.22. The van der Waals surface area contributed by atoms with Gasteiger partial charge in [0.1, 0.15) is 18.1 Å². The van der Waals surface area contributed by atoms with Crippen LogP contribution < -0.4 is 15.0 Å². The Bertz CT molecular complexity index is 1310. The first-order chi connectivity index (χ1) is 17.2. The van der Waals surface area contributed by atoms with Crippen LogP contribution in [0.15, 0.2) is 54.7 Å². The second-order valence-corrected chi connectivity index (χ2v) is 7.90. The van der Waals surface area contributed by atoms with Crippen molar-refractivity contribution in [3.05, 3.63) is 71.5 Å². The average Bonchev–Trinajstić information content (AvgIpc) is 3.26. The molecule has 0 radical (unpaired) electrons. The van der Waals surface area contributed by atoms with Gasteiger partial charge in [-0.05, 0) is 49.4 Å². The van der Waals surface area contributed by atoms with Gasteiger partial charge in [-0.25, -0.2) is 0 Å². The molecule has 0 fully saturated rings. The molecule has 1 aliphatic rings. The van der Waals surface area contributed by atoms with Gasteiger partial charge in [-0.2, -0.15) is 10.4 Å². The van der Waals surface area contributed by atoms with E-state index in [1.807, 2.05) is 13.0 Å². The Morgan fingerprint density at radius 1 is 1.22 bits per heavy atom. The van der Waals surface area contributed by atoms with Gasteiger partial charge in [-0.1, -0.05) is 6.07 Å². The van der Waals surface area contributed by atoms with E-state index in [0.29, 0.717) is 29.2 Å². The molecule has 0 bridgehead atoms. The normalized spacial score (nSPS) is 15.2. The van der Waals surface area contributed by atoms with Gasteiger partial charge in [0.05, 0.1) is 42.6 Å². The number of fused-ring (bicyclic) bond motifs is 1. The lowest BCUT2D eigenvalue weighted by molar-refractivity contribution is -0.325. The maximum absolute atomic E-state index is 13.4. The number of aromatic nitrogens is 2. The highest BCUT2D eigenvalue weighted by molar-refractivity contribution is 6.15. The monoisotopic (exact) mass is 499 g/mol. The van der Waals surface area contributed by atoms with Crippen LogP contribution in [0.5, 0.6) is 5.75 Å². The molecule has 2 amide bonds. The molecule has 1 aliphatic heterocycles. The standard InChI is InChI=1S/C24H20F3N5O4/c1-15-14-31-21(20(13-29-31)22(33)30-17-4-2-3-16(11-17)12-28)23(34)32(15)18-5-7-19(8-6-18)35-9-10-36-24(25,26)27/h2-8,11,13,15H,9-10,14H2,1H3,(H,30,33)/t15-/m0/s1. The van der Waals surface area contributed by atoms with E-state index in [0.717, 1.165) is 0 Å². The summed E-state index contributed by atoms with van der Waals surface area (Å²) >= 11 is 0. The Hall–Kier alpha value is -4.37. The van der Waals surface area contributed by atoms with Crippen molar-refractivity contribution in [2.75, 3.05) is 23.4 Å². The van der Waals surface area contributed by atoms with Gasteiger partial charge in [0, 0.05) is 11.4 Å². The maximum atomic E-state index is 13.4. The number of nitriles is 1. The molecule has 0 saturated carbocycles. The SMILES string of the molecule is C[C@H]1Cn2ncc(C(=O)Nc3cccc(C#N)c3)c2C(=O)N1c1ccc(OCCOC(F)(F)F)cc1. The number of hydrogen-bond acceptors (Lipinski definition) is 6. The van der Waals surface area contributed by atoms with Gasteiger partial charge in [0.2, 0.25) is 0 Å². The predicted molar refractivity (Wildman–Crippen MR) is 122 cm³/mol. The van der Waals surface area contributed by atoms with Gasteiger partial charge in [-0.15, -0.1) is 13.2 Å². The number of carbonyl (C=O) groups is 2. The number of nitrogens with one attached hydrogen (secondary N) is 1. The number of rotatable bonds is 7. The molecule has 1 aromatic heterocycles. The number of anilines is 2. The first-order valence-electron chi connectivity index (χ1n) is 10.8.